The van der Waals surface area contributed by atoms with Gasteiger partial charge in [0, 0.05) is 0 Å². The summed E-state index contributed by atoms with van der Waals surface area (Å²) in [6.45, 7) is 0. The van der Waals surface area contributed by atoms with E-state index in [1.54, 1.807) is 0 Å². The summed E-state index contributed by atoms with van der Waals surface area (Å²) in [4.78, 5) is 11.1. The van der Waals surface area contributed by atoms with Gasteiger partial charge in [0.1, 0.15) is 12.0 Å². The molecule has 0 N–H and O–H groups in total. The molecular formula is C8H10O3. The lowest BCUT2D eigenvalue weighted by atomic mass is 9.96. The zero-order chi connectivity index (χ0) is 7.84. The molecule has 0 bridgehead atoms. The van der Waals surface area contributed by atoms with Crippen LogP contribution in [0.25, 0.3) is 0 Å². The number of rotatable bonds is 1. The van der Waals surface area contributed by atoms with Gasteiger partial charge in [-0.25, -0.2) is 0 Å². The molecule has 0 saturated carbocycles. The number of hydrogen-bond donors (Lipinski definition) is 0. The molecule has 1 saturated heterocycles. The molecule has 1 aliphatic carbocycles. The molecule has 3 atom stereocenters. The number of hydrogen-bond acceptors (Lipinski definition) is 3. The quantitative estimate of drug-likeness (QED) is 0.313. The largest absolute Gasteiger partial charge is 0.468 e. The maximum absolute atomic E-state index is 11.1. The van der Waals surface area contributed by atoms with E-state index in [1.165, 1.54) is 7.11 Å². The molecule has 2 aliphatic rings. The van der Waals surface area contributed by atoms with Crippen LogP contribution < -0.4 is 0 Å². The van der Waals surface area contributed by atoms with Gasteiger partial charge in [-0.2, -0.15) is 0 Å². The second-order valence-corrected chi connectivity index (χ2v) is 2.85. The van der Waals surface area contributed by atoms with Crippen molar-refractivity contribution >= 4 is 5.97 Å². The predicted octanol–water partition coefficient (Wildman–Crippen LogP) is 0.503. The number of methoxy groups -OCH3 is 1. The topological polar surface area (TPSA) is 38.8 Å². The standard InChI is InChI=1S/C8H10O3/c1-10-8(9)5-3-2-4-6-7(5)11-6/h2-3,5-7H,4H2,1H3/t5-,6+,7-/m1/s1. The van der Waals surface area contributed by atoms with E-state index in [1.807, 2.05) is 12.2 Å². The van der Waals surface area contributed by atoms with Crippen LogP contribution >= 0.6 is 0 Å². The van der Waals surface area contributed by atoms with Crippen molar-refractivity contribution in [2.24, 2.45) is 5.92 Å². The zero-order valence-corrected chi connectivity index (χ0v) is 6.32. The number of fused-ring (bicyclic) bond motifs is 1. The highest BCUT2D eigenvalue weighted by atomic mass is 16.6. The molecule has 60 valence electrons. The Morgan fingerprint density at radius 1 is 1.73 bits per heavy atom. The summed E-state index contributed by atoms with van der Waals surface area (Å²) in [6.07, 6.45) is 5.19. The molecule has 0 aromatic heterocycles. The molecule has 3 heteroatoms. The van der Waals surface area contributed by atoms with Crippen molar-refractivity contribution in [1.29, 1.82) is 0 Å². The highest BCUT2D eigenvalue weighted by molar-refractivity contribution is 5.76. The van der Waals surface area contributed by atoms with Crippen molar-refractivity contribution in [2.45, 2.75) is 18.6 Å². The number of esters is 1. The monoisotopic (exact) mass is 154 g/mol. The lowest BCUT2D eigenvalue weighted by Gasteiger charge is -2.09. The molecule has 0 spiro atoms. The third-order valence-electron chi connectivity index (χ3n) is 2.16. The summed E-state index contributed by atoms with van der Waals surface area (Å²) < 4.78 is 9.87. The van der Waals surface area contributed by atoms with Crippen LogP contribution in [0, 0.1) is 5.92 Å². The summed E-state index contributed by atoms with van der Waals surface area (Å²) in [5.74, 6) is -0.341. The van der Waals surface area contributed by atoms with Gasteiger partial charge < -0.3 is 9.47 Å². The Balaban J connectivity index is 2.07. The number of carbonyl (C=O) groups is 1. The van der Waals surface area contributed by atoms with Gasteiger partial charge in [-0.05, 0) is 6.42 Å². The molecule has 0 aromatic carbocycles. The highest BCUT2D eigenvalue weighted by Gasteiger charge is 2.48. The molecule has 0 radical (unpaired) electrons. The van der Waals surface area contributed by atoms with Gasteiger partial charge in [-0.15, -0.1) is 0 Å². The van der Waals surface area contributed by atoms with Gasteiger partial charge in [0.2, 0.25) is 0 Å². The normalized spacial score (nSPS) is 39.5. The molecule has 11 heavy (non-hydrogen) atoms. The van der Waals surface area contributed by atoms with Crippen molar-refractivity contribution in [2.75, 3.05) is 7.11 Å². The summed E-state index contributed by atoms with van der Waals surface area (Å²) in [5.41, 5.74) is 0. The van der Waals surface area contributed by atoms with E-state index in [0.717, 1.165) is 6.42 Å². The van der Waals surface area contributed by atoms with Crippen molar-refractivity contribution in [3.8, 4) is 0 Å². The second kappa shape index (κ2) is 2.34. The summed E-state index contributed by atoms with van der Waals surface area (Å²) in [6, 6.07) is 0. The minimum atomic E-state index is -0.187. The van der Waals surface area contributed by atoms with Crippen LogP contribution in [0.15, 0.2) is 12.2 Å². The highest BCUT2D eigenvalue weighted by Crippen LogP contribution is 2.37. The second-order valence-electron chi connectivity index (χ2n) is 2.85. The van der Waals surface area contributed by atoms with Crippen LogP contribution in [0.4, 0.5) is 0 Å². The maximum Gasteiger partial charge on any atom is 0.315 e. The van der Waals surface area contributed by atoms with Crippen molar-refractivity contribution < 1.29 is 14.3 Å². The van der Waals surface area contributed by atoms with Crippen molar-refractivity contribution in [1.82, 2.24) is 0 Å². The maximum atomic E-state index is 11.1. The smallest absolute Gasteiger partial charge is 0.315 e. The number of ether oxygens (including phenoxy) is 2. The van der Waals surface area contributed by atoms with Crippen LogP contribution in [0.5, 0.6) is 0 Å². The molecule has 1 aliphatic heterocycles. The Labute approximate surface area is 65.0 Å². The van der Waals surface area contributed by atoms with Gasteiger partial charge in [0.25, 0.3) is 0 Å². The van der Waals surface area contributed by atoms with Gasteiger partial charge in [0.15, 0.2) is 0 Å². The fourth-order valence-electron chi connectivity index (χ4n) is 1.48. The first kappa shape index (κ1) is 6.85. The van der Waals surface area contributed by atoms with Crippen molar-refractivity contribution in [3.05, 3.63) is 12.2 Å². The summed E-state index contributed by atoms with van der Waals surface area (Å²) >= 11 is 0. The van der Waals surface area contributed by atoms with E-state index >= 15 is 0 Å². The van der Waals surface area contributed by atoms with Crippen LogP contribution in [0.1, 0.15) is 6.42 Å². The van der Waals surface area contributed by atoms with Gasteiger partial charge in [0.05, 0.1) is 13.2 Å². The van der Waals surface area contributed by atoms with E-state index in [0.29, 0.717) is 0 Å². The van der Waals surface area contributed by atoms with E-state index in [4.69, 9.17) is 4.74 Å². The first-order chi connectivity index (χ1) is 5.33. The Morgan fingerprint density at radius 2 is 2.55 bits per heavy atom. The minimum Gasteiger partial charge on any atom is -0.468 e. The molecular weight excluding hydrogens is 144 g/mol. The molecule has 2 rings (SSSR count). The molecule has 1 fully saturated rings. The van der Waals surface area contributed by atoms with Gasteiger partial charge >= 0.3 is 5.97 Å². The first-order valence-electron chi connectivity index (χ1n) is 3.73. The molecule has 0 unspecified atom stereocenters. The SMILES string of the molecule is COC(=O)[C@@H]1C=CC[C@@H]2O[C@@H]21. The minimum absolute atomic E-state index is 0.104. The molecule has 1 heterocycles. The summed E-state index contributed by atoms with van der Waals surface area (Å²) in [5, 5.41) is 0. The summed E-state index contributed by atoms with van der Waals surface area (Å²) in [7, 11) is 1.40. The van der Waals surface area contributed by atoms with Crippen LogP contribution in [0.2, 0.25) is 0 Å². The third kappa shape index (κ3) is 1.05. The zero-order valence-electron chi connectivity index (χ0n) is 6.32. The molecule has 3 nitrogen and oxygen atoms in total. The first-order valence-corrected chi connectivity index (χ1v) is 3.73. The van der Waals surface area contributed by atoms with Gasteiger partial charge in [-0.1, -0.05) is 12.2 Å². The van der Waals surface area contributed by atoms with Crippen LogP contribution in [-0.4, -0.2) is 25.3 Å². The number of carbonyl (C=O) groups excluding carboxylic acids is 1. The molecule has 0 aromatic rings. The Bertz CT molecular complexity index is 209. The lowest BCUT2D eigenvalue weighted by Crippen LogP contribution is -2.22. The predicted molar refractivity (Wildman–Crippen MR) is 37.9 cm³/mol. The fraction of sp³-hybridized carbons (Fsp3) is 0.625. The Morgan fingerprint density at radius 3 is 3.27 bits per heavy atom. The average molecular weight is 154 g/mol. The Kier molecular flexibility index (Phi) is 1.46. The van der Waals surface area contributed by atoms with Crippen LogP contribution in [0.3, 0.4) is 0 Å². The van der Waals surface area contributed by atoms with E-state index in [9.17, 15) is 4.79 Å². The van der Waals surface area contributed by atoms with Crippen molar-refractivity contribution in [3.63, 3.8) is 0 Å². The Hall–Kier alpha value is -0.830. The average Bonchev–Trinajstić information content (AvgIpc) is 2.80. The van der Waals surface area contributed by atoms with E-state index < -0.39 is 0 Å². The van der Waals surface area contributed by atoms with E-state index in [2.05, 4.69) is 4.74 Å². The third-order valence-corrected chi connectivity index (χ3v) is 2.16. The van der Waals surface area contributed by atoms with E-state index in [-0.39, 0.29) is 24.1 Å². The number of epoxide rings is 1. The van der Waals surface area contributed by atoms with Gasteiger partial charge in [-0.3, -0.25) is 4.79 Å². The van der Waals surface area contributed by atoms with Crippen LogP contribution in [-0.2, 0) is 14.3 Å². The fourth-order valence-corrected chi connectivity index (χ4v) is 1.48. The lowest BCUT2D eigenvalue weighted by molar-refractivity contribution is -0.144. The molecule has 0 amide bonds.